The van der Waals surface area contributed by atoms with Crippen LogP contribution in [0.15, 0.2) is 82.0 Å². The maximum atomic E-state index is 3.71. The molecule has 4 aliphatic carbocycles. The summed E-state index contributed by atoms with van der Waals surface area (Å²) >= 11 is 0. The third-order valence-corrected chi connectivity index (χ3v) is 14.2. The summed E-state index contributed by atoms with van der Waals surface area (Å²) in [6.45, 7) is 2.48. The average molecular weight is 472 g/mol. The highest BCUT2D eigenvalue weighted by Crippen LogP contribution is 2.65. The van der Waals surface area contributed by atoms with Crippen LogP contribution < -0.4 is 5.30 Å². The van der Waals surface area contributed by atoms with Crippen LogP contribution in [0.25, 0.3) is 0 Å². The first-order chi connectivity index (χ1) is 16.3. The normalized spacial score (nSPS) is 23.4. The molecule has 0 N–H and O–H groups in total. The summed E-state index contributed by atoms with van der Waals surface area (Å²) in [6, 6.07) is 11.3. The maximum Gasteiger partial charge on any atom is 0.0391 e. The second kappa shape index (κ2) is 11.4. The first-order valence-corrected chi connectivity index (χ1v) is 16.0. The van der Waals surface area contributed by atoms with Crippen LogP contribution in [0.3, 0.4) is 0 Å². The van der Waals surface area contributed by atoms with E-state index >= 15 is 0 Å². The van der Waals surface area contributed by atoms with Crippen molar-refractivity contribution >= 4 is 21.1 Å². The Labute approximate surface area is 203 Å². The lowest BCUT2D eigenvalue weighted by Crippen LogP contribution is -2.23. The van der Waals surface area contributed by atoms with Crippen molar-refractivity contribution in [2.45, 2.75) is 94.5 Å². The molecule has 0 bridgehead atoms. The van der Waals surface area contributed by atoms with Gasteiger partial charge in [0.2, 0.25) is 0 Å². The summed E-state index contributed by atoms with van der Waals surface area (Å²) in [6.07, 6.45) is 24.6. The van der Waals surface area contributed by atoms with Gasteiger partial charge in [0.05, 0.1) is 0 Å². The minimum Gasteiger partial charge on any atom is -0.0835 e. The SMILES string of the molecule is C[C@@H](C1=C=C=C=C1P(C1CCCCC1)C1CCCCC1)P(C1=C[CH]C=CC1)c1ccccc1. The van der Waals surface area contributed by atoms with Gasteiger partial charge in [0.25, 0.3) is 0 Å². The highest BCUT2D eigenvalue weighted by molar-refractivity contribution is 7.71. The van der Waals surface area contributed by atoms with Crippen molar-refractivity contribution in [2.24, 2.45) is 0 Å². The number of benzene rings is 1. The fraction of sp³-hybridized carbons (Fsp3) is 0.484. The molecule has 0 aliphatic heterocycles. The van der Waals surface area contributed by atoms with Crippen molar-refractivity contribution in [2.75, 3.05) is 0 Å². The molecule has 0 spiro atoms. The van der Waals surface area contributed by atoms with Crippen LogP contribution in [-0.2, 0) is 0 Å². The zero-order valence-electron chi connectivity index (χ0n) is 20.1. The molecular formula is C31H37P2. The van der Waals surface area contributed by atoms with Gasteiger partial charge in [-0.2, -0.15) is 0 Å². The van der Waals surface area contributed by atoms with E-state index in [-0.39, 0.29) is 7.92 Å². The van der Waals surface area contributed by atoms with Crippen LogP contribution in [0.1, 0.15) is 77.6 Å². The van der Waals surface area contributed by atoms with Crippen LogP contribution in [0.5, 0.6) is 0 Å². The Bertz CT molecular complexity index is 996. The third kappa shape index (κ3) is 5.33. The summed E-state index contributed by atoms with van der Waals surface area (Å²) in [7, 11) is -0.612. The van der Waals surface area contributed by atoms with Crippen LogP contribution in [0.4, 0.5) is 0 Å². The molecular weight excluding hydrogens is 434 g/mol. The van der Waals surface area contributed by atoms with Gasteiger partial charge < -0.3 is 0 Å². The Balaban J connectivity index is 1.47. The van der Waals surface area contributed by atoms with Crippen molar-refractivity contribution in [1.82, 2.24) is 0 Å². The summed E-state index contributed by atoms with van der Waals surface area (Å²) in [5.41, 5.74) is 14.5. The smallest absolute Gasteiger partial charge is 0.0391 e. The van der Waals surface area contributed by atoms with E-state index in [1.165, 1.54) is 75.1 Å². The molecule has 2 fully saturated rings. The highest BCUT2D eigenvalue weighted by Gasteiger charge is 2.38. The first kappa shape index (κ1) is 23.4. The number of allylic oxidation sites excluding steroid dienone is 6. The molecule has 2 atom stereocenters. The van der Waals surface area contributed by atoms with E-state index in [2.05, 4.69) is 79.1 Å². The van der Waals surface area contributed by atoms with Crippen molar-refractivity contribution in [3.8, 4) is 0 Å². The maximum absolute atomic E-state index is 3.71. The molecule has 0 aromatic heterocycles. The van der Waals surface area contributed by atoms with Gasteiger partial charge in [0.1, 0.15) is 0 Å². The Hall–Kier alpha value is -1.36. The highest BCUT2D eigenvalue weighted by atomic mass is 31.1. The molecule has 1 aromatic carbocycles. The Morgan fingerprint density at radius 2 is 1.52 bits per heavy atom. The molecule has 5 rings (SSSR count). The van der Waals surface area contributed by atoms with E-state index in [4.69, 9.17) is 0 Å². The van der Waals surface area contributed by atoms with E-state index in [1.54, 1.807) is 10.6 Å². The van der Waals surface area contributed by atoms with Gasteiger partial charge in [-0.05, 0) is 67.7 Å². The predicted molar refractivity (Wildman–Crippen MR) is 147 cm³/mol. The average Bonchev–Trinajstić information content (AvgIpc) is 3.36. The summed E-state index contributed by atoms with van der Waals surface area (Å²) in [5.74, 6) is 0. The minimum absolute atomic E-state index is 0.168. The van der Waals surface area contributed by atoms with Gasteiger partial charge in [-0.3, -0.25) is 0 Å². The van der Waals surface area contributed by atoms with Gasteiger partial charge in [0, 0.05) is 23.0 Å². The second-order valence-electron chi connectivity index (χ2n) is 9.99. The summed E-state index contributed by atoms with van der Waals surface area (Å²) < 4.78 is 0. The standard InChI is InChI=1S/C31H37P2/c1-25(32(26-15-6-2-7-16-26)27-17-8-3-9-18-27)30-23-14-24-31(30)33(28-19-10-4-11-20-28)29-21-12-5-13-22-29/h2-3,6-9,15-17,25,28-29H,4-5,10-13,18-22H2,1H3/t25-,32?/m0/s1. The molecule has 171 valence electrons. The van der Waals surface area contributed by atoms with Crippen molar-refractivity contribution in [1.29, 1.82) is 0 Å². The van der Waals surface area contributed by atoms with E-state index in [9.17, 15) is 0 Å². The van der Waals surface area contributed by atoms with E-state index < -0.39 is 7.92 Å². The molecule has 4 aliphatic rings. The largest absolute Gasteiger partial charge is 0.0835 e. The minimum atomic E-state index is -0.444. The van der Waals surface area contributed by atoms with E-state index in [0.29, 0.717) is 5.66 Å². The first-order valence-electron chi connectivity index (χ1n) is 13.2. The van der Waals surface area contributed by atoms with Crippen molar-refractivity contribution < 1.29 is 0 Å². The second-order valence-corrected chi connectivity index (χ2v) is 15.3. The molecule has 0 saturated heterocycles. The lowest BCUT2D eigenvalue weighted by atomic mass is 9.99. The van der Waals surface area contributed by atoms with Crippen molar-refractivity contribution in [3.63, 3.8) is 0 Å². The molecule has 1 unspecified atom stereocenters. The zero-order chi connectivity index (χ0) is 22.5. The topological polar surface area (TPSA) is 0 Å². The third-order valence-electron chi connectivity index (χ3n) is 7.84. The number of rotatable bonds is 7. The van der Waals surface area contributed by atoms with Crippen LogP contribution in [-0.4, -0.2) is 17.0 Å². The fourth-order valence-electron chi connectivity index (χ4n) is 6.21. The predicted octanol–water partition coefficient (Wildman–Crippen LogP) is 9.11. The number of hydrogen-bond acceptors (Lipinski definition) is 0. The fourth-order valence-corrected chi connectivity index (χ4v) is 13.0. The number of hydrogen-bond donors (Lipinski definition) is 0. The van der Waals surface area contributed by atoms with Crippen LogP contribution in [0, 0.1) is 6.42 Å². The lowest BCUT2D eigenvalue weighted by Gasteiger charge is -2.40. The molecule has 0 nitrogen and oxygen atoms in total. The van der Waals surface area contributed by atoms with Crippen LogP contribution in [0.2, 0.25) is 0 Å². The van der Waals surface area contributed by atoms with Gasteiger partial charge in [-0.25, -0.2) is 0 Å². The van der Waals surface area contributed by atoms with Gasteiger partial charge in [-0.1, -0.05) is 113 Å². The van der Waals surface area contributed by atoms with Gasteiger partial charge in [-0.15, -0.1) is 0 Å². The Morgan fingerprint density at radius 1 is 0.848 bits per heavy atom. The molecule has 1 aromatic rings. The zero-order valence-corrected chi connectivity index (χ0v) is 21.9. The monoisotopic (exact) mass is 471 g/mol. The van der Waals surface area contributed by atoms with E-state index in [1.807, 2.05) is 0 Å². The molecule has 33 heavy (non-hydrogen) atoms. The Kier molecular flexibility index (Phi) is 8.06. The molecule has 2 heteroatoms. The van der Waals surface area contributed by atoms with Crippen molar-refractivity contribution in [3.05, 3.63) is 88.4 Å². The van der Waals surface area contributed by atoms with E-state index in [0.717, 1.165) is 17.7 Å². The lowest BCUT2D eigenvalue weighted by molar-refractivity contribution is 0.486. The summed E-state index contributed by atoms with van der Waals surface area (Å²) in [4.78, 5) is 0. The molecule has 0 heterocycles. The van der Waals surface area contributed by atoms with Crippen LogP contribution >= 0.6 is 15.8 Å². The molecule has 1 radical (unpaired) electrons. The molecule has 2 saturated carbocycles. The Morgan fingerprint density at radius 3 is 2.12 bits per heavy atom. The quantitative estimate of drug-likeness (QED) is 0.275. The summed E-state index contributed by atoms with van der Waals surface area (Å²) in [5, 5.41) is 4.65. The molecule has 0 amide bonds. The van der Waals surface area contributed by atoms with Gasteiger partial charge >= 0.3 is 0 Å². The van der Waals surface area contributed by atoms with Gasteiger partial charge in [0.15, 0.2) is 0 Å².